The first-order chi connectivity index (χ1) is 19.6. The minimum Gasteiger partial charge on any atom is -0.515 e. The highest BCUT2D eigenvalue weighted by Gasteiger charge is 2.69. The molecule has 5 aliphatic rings. The van der Waals surface area contributed by atoms with E-state index in [4.69, 9.17) is 4.74 Å². The van der Waals surface area contributed by atoms with Gasteiger partial charge in [-0.1, -0.05) is 90.4 Å². The first-order valence-electron chi connectivity index (χ1n) is 16.4. The van der Waals surface area contributed by atoms with Gasteiger partial charge in [0.1, 0.15) is 6.61 Å². The van der Waals surface area contributed by atoms with Crippen LogP contribution >= 0.6 is 0 Å². The van der Waals surface area contributed by atoms with E-state index in [0.717, 1.165) is 63.2 Å². The minimum atomic E-state index is -0.481. The van der Waals surface area contributed by atoms with Crippen LogP contribution in [0.25, 0.3) is 0 Å². The van der Waals surface area contributed by atoms with Gasteiger partial charge in [0.2, 0.25) is 0 Å². The molecule has 42 heavy (non-hydrogen) atoms. The van der Waals surface area contributed by atoms with Gasteiger partial charge in [-0.25, -0.2) is 0 Å². The molecule has 4 fully saturated rings. The summed E-state index contributed by atoms with van der Waals surface area (Å²) in [7, 11) is 0. The number of hydrogen-bond acceptors (Lipinski definition) is 4. The van der Waals surface area contributed by atoms with Crippen molar-refractivity contribution >= 4 is 11.8 Å². The molecule has 228 valence electrons. The Balaban J connectivity index is 1.39. The van der Waals surface area contributed by atoms with Gasteiger partial charge in [0.25, 0.3) is 0 Å². The largest absolute Gasteiger partial charge is 0.515 e. The van der Waals surface area contributed by atoms with Crippen molar-refractivity contribution in [2.45, 2.75) is 113 Å². The standard InChI is InChI=1S/C38H52O4/c1-33(2)17-19-38(32(41)42-24-25-11-9-8-10-12-25)20-18-36(6)27(28(38)22-33)13-14-30-35(5)21-26(23-39)31(40)34(3,4)29(35)15-16-37(30,36)7/h8-13,23,28-30,39H,14-22,24H2,1-7H3. The number of carbonyl (C=O) groups is 2. The topological polar surface area (TPSA) is 63.6 Å². The molecular weight excluding hydrogens is 520 g/mol. The maximum absolute atomic E-state index is 14.2. The van der Waals surface area contributed by atoms with Crippen molar-refractivity contribution in [1.29, 1.82) is 0 Å². The molecule has 0 aromatic heterocycles. The van der Waals surface area contributed by atoms with Crippen LogP contribution in [0.2, 0.25) is 0 Å². The minimum absolute atomic E-state index is 0.00279. The summed E-state index contributed by atoms with van der Waals surface area (Å²) in [5.74, 6) is 1.03. The van der Waals surface area contributed by atoms with Crippen LogP contribution in [0.3, 0.4) is 0 Å². The number of ketones is 1. The first kappa shape index (κ1) is 29.7. The lowest BCUT2D eigenvalue weighted by Gasteiger charge is -2.70. The van der Waals surface area contributed by atoms with Crippen LogP contribution in [0.4, 0.5) is 0 Å². The summed E-state index contributed by atoms with van der Waals surface area (Å²) >= 11 is 0. The van der Waals surface area contributed by atoms with Gasteiger partial charge in [0.05, 0.1) is 11.7 Å². The summed E-state index contributed by atoms with van der Waals surface area (Å²) in [6.07, 6.45) is 12.3. The maximum atomic E-state index is 14.2. The van der Waals surface area contributed by atoms with Gasteiger partial charge in [0, 0.05) is 11.0 Å². The van der Waals surface area contributed by atoms with E-state index in [-0.39, 0.29) is 39.3 Å². The Morgan fingerprint density at radius 3 is 2.33 bits per heavy atom. The zero-order valence-electron chi connectivity index (χ0n) is 27.0. The molecule has 6 rings (SSSR count). The third-order valence-corrected chi connectivity index (χ3v) is 14.0. The molecule has 0 bridgehead atoms. The molecule has 4 nitrogen and oxygen atoms in total. The summed E-state index contributed by atoms with van der Waals surface area (Å²) in [5, 5.41) is 10.1. The smallest absolute Gasteiger partial charge is 0.313 e. The third-order valence-electron chi connectivity index (χ3n) is 14.0. The van der Waals surface area contributed by atoms with Gasteiger partial charge >= 0.3 is 5.97 Å². The van der Waals surface area contributed by atoms with Crippen LogP contribution in [0.15, 0.2) is 53.8 Å². The zero-order valence-corrected chi connectivity index (χ0v) is 27.0. The summed E-state index contributed by atoms with van der Waals surface area (Å²) in [6.45, 7) is 16.8. The molecule has 0 aliphatic heterocycles. The number of carbonyl (C=O) groups excluding carboxylic acids is 2. The number of aliphatic hydroxyl groups excluding tert-OH is 1. The van der Waals surface area contributed by atoms with Gasteiger partial charge in [-0.3, -0.25) is 9.59 Å². The van der Waals surface area contributed by atoms with E-state index < -0.39 is 10.8 Å². The van der Waals surface area contributed by atoms with E-state index in [1.54, 1.807) is 0 Å². The Kier molecular flexibility index (Phi) is 6.77. The van der Waals surface area contributed by atoms with Crippen LogP contribution in [-0.4, -0.2) is 16.9 Å². The van der Waals surface area contributed by atoms with Crippen LogP contribution in [0.1, 0.15) is 112 Å². The van der Waals surface area contributed by atoms with Crippen molar-refractivity contribution in [3.8, 4) is 0 Å². The van der Waals surface area contributed by atoms with E-state index in [9.17, 15) is 14.7 Å². The molecule has 7 atom stereocenters. The molecule has 4 heteroatoms. The number of benzene rings is 1. The predicted molar refractivity (Wildman–Crippen MR) is 166 cm³/mol. The quantitative estimate of drug-likeness (QED) is 0.170. The summed E-state index contributed by atoms with van der Waals surface area (Å²) in [6, 6.07) is 10.1. The van der Waals surface area contributed by atoms with Gasteiger partial charge in [-0.2, -0.15) is 0 Å². The van der Waals surface area contributed by atoms with Gasteiger partial charge in [-0.05, 0) is 103 Å². The molecule has 0 radical (unpaired) electrons. The van der Waals surface area contributed by atoms with Crippen LogP contribution in [0, 0.1) is 50.2 Å². The van der Waals surface area contributed by atoms with E-state index in [1.807, 2.05) is 30.3 Å². The van der Waals surface area contributed by atoms with Gasteiger partial charge in [-0.15, -0.1) is 0 Å². The van der Waals surface area contributed by atoms with E-state index in [2.05, 4.69) is 54.5 Å². The molecule has 5 aliphatic carbocycles. The van der Waals surface area contributed by atoms with Crippen LogP contribution in [-0.2, 0) is 20.9 Å². The van der Waals surface area contributed by atoms with Crippen molar-refractivity contribution in [3.63, 3.8) is 0 Å². The number of rotatable bonds is 3. The summed E-state index contributed by atoms with van der Waals surface area (Å²) in [4.78, 5) is 27.6. The summed E-state index contributed by atoms with van der Waals surface area (Å²) < 4.78 is 6.16. The molecule has 1 aromatic carbocycles. The Hall–Kier alpha value is -2.36. The second-order valence-electron chi connectivity index (χ2n) is 16.8. The maximum Gasteiger partial charge on any atom is 0.313 e. The fraction of sp³-hybridized carbons (Fsp3) is 0.684. The van der Waals surface area contributed by atoms with Crippen molar-refractivity contribution in [2.75, 3.05) is 0 Å². The fourth-order valence-electron chi connectivity index (χ4n) is 11.4. The third kappa shape index (κ3) is 3.98. The molecule has 7 unspecified atom stereocenters. The van der Waals surface area contributed by atoms with E-state index in [0.29, 0.717) is 30.4 Å². The number of Topliss-reactive ketones (excluding diaryl/α,β-unsaturated/α-hetero) is 1. The average molecular weight is 573 g/mol. The molecule has 0 saturated heterocycles. The molecule has 0 heterocycles. The Bertz CT molecular complexity index is 1340. The van der Waals surface area contributed by atoms with E-state index >= 15 is 0 Å². The van der Waals surface area contributed by atoms with Gasteiger partial charge < -0.3 is 9.84 Å². The summed E-state index contributed by atoms with van der Waals surface area (Å²) in [5.41, 5.74) is 2.38. The fourth-order valence-corrected chi connectivity index (χ4v) is 11.4. The predicted octanol–water partition coefficient (Wildman–Crippen LogP) is 9.15. The zero-order chi connectivity index (χ0) is 30.3. The molecule has 1 aromatic rings. The highest BCUT2D eigenvalue weighted by Crippen LogP contribution is 2.75. The molecule has 1 N–H and O–H groups in total. The molecule has 0 amide bonds. The number of hydrogen-bond donors (Lipinski definition) is 1. The highest BCUT2D eigenvalue weighted by molar-refractivity contribution is 6.00. The lowest BCUT2D eigenvalue weighted by molar-refractivity contribution is -0.187. The van der Waals surface area contributed by atoms with E-state index in [1.165, 1.54) is 5.57 Å². The molecule has 4 saturated carbocycles. The first-order valence-corrected chi connectivity index (χ1v) is 16.4. The van der Waals surface area contributed by atoms with Crippen molar-refractivity contribution in [1.82, 2.24) is 0 Å². The lowest BCUT2D eigenvalue weighted by Crippen LogP contribution is -2.65. The van der Waals surface area contributed by atoms with Crippen molar-refractivity contribution in [2.24, 2.45) is 50.2 Å². The average Bonchev–Trinajstić information content (AvgIpc) is 2.94. The Morgan fingerprint density at radius 1 is 0.952 bits per heavy atom. The number of ether oxygens (including phenoxy) is 1. The number of allylic oxidation sites excluding steroid dienone is 3. The molecule has 0 spiro atoms. The Labute approximate surface area is 253 Å². The van der Waals surface area contributed by atoms with Crippen molar-refractivity contribution < 1.29 is 19.4 Å². The monoisotopic (exact) mass is 572 g/mol. The van der Waals surface area contributed by atoms with Crippen molar-refractivity contribution in [3.05, 3.63) is 59.4 Å². The van der Waals surface area contributed by atoms with Crippen LogP contribution < -0.4 is 0 Å². The lowest BCUT2D eigenvalue weighted by atomic mass is 9.33. The number of fused-ring (bicyclic) bond motifs is 7. The normalized spacial score (nSPS) is 42.8. The van der Waals surface area contributed by atoms with Crippen LogP contribution in [0.5, 0.6) is 0 Å². The number of esters is 1. The second-order valence-corrected chi connectivity index (χ2v) is 16.8. The number of aliphatic hydroxyl groups is 1. The van der Waals surface area contributed by atoms with Gasteiger partial charge in [0.15, 0.2) is 5.78 Å². The second kappa shape index (κ2) is 9.57. The molecular formula is C38H52O4. The Morgan fingerprint density at radius 2 is 1.64 bits per heavy atom. The highest BCUT2D eigenvalue weighted by atomic mass is 16.5. The SMILES string of the molecule is CC1(C)CCC2(C(=O)OCc3ccccc3)CCC3(C)C(=CCC4C5(C)CC(=CO)C(=O)C(C)(C)C5CCC43C)C2C1.